The van der Waals surface area contributed by atoms with Crippen molar-refractivity contribution in [2.75, 3.05) is 13.7 Å². The Balaban J connectivity index is 1.86. The lowest BCUT2D eigenvalue weighted by Gasteiger charge is -2.31. The summed E-state index contributed by atoms with van der Waals surface area (Å²) in [6.45, 7) is 4.35. The molecule has 0 saturated carbocycles. The number of nitrogens with one attached hydrogen (secondary N) is 1. The molecule has 0 fully saturated rings. The molecule has 0 aliphatic heterocycles. The fourth-order valence-corrected chi connectivity index (χ4v) is 4.50. The van der Waals surface area contributed by atoms with Crippen LogP contribution in [0.4, 0.5) is 0 Å². The molecule has 1 N–H and O–H groups in total. The Kier molecular flexibility index (Phi) is 9.93. The molecule has 0 spiro atoms. The van der Waals surface area contributed by atoms with Gasteiger partial charge in [-0.05, 0) is 62.8 Å². The first-order chi connectivity index (χ1) is 16.8. The highest BCUT2D eigenvalue weighted by molar-refractivity contribution is 9.10. The summed E-state index contributed by atoms with van der Waals surface area (Å²) in [7, 11) is 1.59. The standard InChI is InChI=1S/C28H30Br2N2O3/c1-19(2)22-11-14-26(24(30)16-22)35-18-27(33)32(17-21-9-12-23(29)13-10-21)25(28(34)31-3)15-20-7-5-4-6-8-20/h4-14,16,19,25H,15,17-18H2,1-3H3,(H,31,34)/t25-/m1/s1. The molecule has 0 saturated heterocycles. The number of carbonyl (C=O) groups is 2. The third-order valence-electron chi connectivity index (χ3n) is 5.76. The first-order valence-electron chi connectivity index (χ1n) is 11.5. The lowest BCUT2D eigenvalue weighted by Crippen LogP contribution is -2.51. The van der Waals surface area contributed by atoms with Crippen molar-refractivity contribution in [2.45, 2.75) is 38.8 Å². The Morgan fingerprint density at radius 3 is 2.23 bits per heavy atom. The predicted molar refractivity (Wildman–Crippen MR) is 146 cm³/mol. The van der Waals surface area contributed by atoms with E-state index in [1.54, 1.807) is 11.9 Å². The van der Waals surface area contributed by atoms with Gasteiger partial charge in [-0.3, -0.25) is 9.59 Å². The number of nitrogens with zero attached hydrogens (tertiary/aromatic N) is 1. The maximum Gasteiger partial charge on any atom is 0.261 e. The van der Waals surface area contributed by atoms with E-state index in [-0.39, 0.29) is 25.0 Å². The van der Waals surface area contributed by atoms with Gasteiger partial charge in [0.05, 0.1) is 4.47 Å². The van der Waals surface area contributed by atoms with E-state index in [9.17, 15) is 9.59 Å². The van der Waals surface area contributed by atoms with Crippen molar-refractivity contribution in [3.05, 3.63) is 98.4 Å². The van der Waals surface area contributed by atoms with Crippen LogP contribution in [0.5, 0.6) is 5.75 Å². The van der Waals surface area contributed by atoms with Crippen molar-refractivity contribution in [3.63, 3.8) is 0 Å². The van der Waals surface area contributed by atoms with Gasteiger partial charge in [-0.1, -0.05) is 78.3 Å². The topological polar surface area (TPSA) is 58.6 Å². The fraction of sp³-hybridized carbons (Fsp3) is 0.286. The lowest BCUT2D eigenvalue weighted by atomic mass is 10.0. The second kappa shape index (κ2) is 12.9. The van der Waals surface area contributed by atoms with Crippen molar-refractivity contribution in [1.29, 1.82) is 0 Å². The van der Waals surface area contributed by atoms with Crippen molar-refractivity contribution >= 4 is 43.7 Å². The van der Waals surface area contributed by atoms with Gasteiger partial charge in [-0.2, -0.15) is 0 Å². The van der Waals surface area contributed by atoms with Crippen LogP contribution in [0.2, 0.25) is 0 Å². The van der Waals surface area contributed by atoms with E-state index in [0.29, 0.717) is 18.1 Å². The van der Waals surface area contributed by atoms with Gasteiger partial charge < -0.3 is 15.0 Å². The zero-order chi connectivity index (χ0) is 25.4. The number of amides is 2. The average molecular weight is 602 g/mol. The second-order valence-electron chi connectivity index (χ2n) is 8.60. The van der Waals surface area contributed by atoms with E-state index in [4.69, 9.17) is 4.74 Å². The number of hydrogen-bond acceptors (Lipinski definition) is 3. The number of rotatable bonds is 10. The zero-order valence-electron chi connectivity index (χ0n) is 20.1. The summed E-state index contributed by atoms with van der Waals surface area (Å²) in [5, 5.41) is 2.73. The van der Waals surface area contributed by atoms with Gasteiger partial charge in [0, 0.05) is 24.5 Å². The molecule has 0 unspecified atom stereocenters. The minimum absolute atomic E-state index is 0.182. The highest BCUT2D eigenvalue weighted by Gasteiger charge is 2.30. The SMILES string of the molecule is CNC(=O)[C@@H](Cc1ccccc1)N(Cc1ccc(Br)cc1)C(=O)COc1ccc(C(C)C)cc1Br. The number of ether oxygens (including phenoxy) is 1. The van der Waals surface area contributed by atoms with Crippen LogP contribution in [0, 0.1) is 0 Å². The molecule has 0 aliphatic rings. The van der Waals surface area contributed by atoms with Gasteiger partial charge in [0.2, 0.25) is 5.91 Å². The average Bonchev–Trinajstić information content (AvgIpc) is 2.86. The molecule has 184 valence electrons. The molecule has 0 bridgehead atoms. The molecule has 0 aliphatic carbocycles. The van der Waals surface area contributed by atoms with Gasteiger partial charge in [-0.25, -0.2) is 0 Å². The summed E-state index contributed by atoms with van der Waals surface area (Å²) < 4.78 is 7.65. The molecule has 3 aromatic carbocycles. The molecule has 3 rings (SSSR count). The minimum Gasteiger partial charge on any atom is -0.483 e. The molecule has 5 nitrogen and oxygen atoms in total. The van der Waals surface area contributed by atoms with Gasteiger partial charge in [0.15, 0.2) is 6.61 Å². The van der Waals surface area contributed by atoms with Crippen LogP contribution in [-0.4, -0.2) is 36.4 Å². The maximum absolute atomic E-state index is 13.5. The van der Waals surface area contributed by atoms with E-state index in [2.05, 4.69) is 51.0 Å². The number of halogens is 2. The van der Waals surface area contributed by atoms with Gasteiger partial charge in [0.25, 0.3) is 5.91 Å². The van der Waals surface area contributed by atoms with E-state index >= 15 is 0 Å². The summed E-state index contributed by atoms with van der Waals surface area (Å²) >= 11 is 7.00. The summed E-state index contributed by atoms with van der Waals surface area (Å²) in [5.41, 5.74) is 3.07. The molecular weight excluding hydrogens is 572 g/mol. The number of benzene rings is 3. The van der Waals surface area contributed by atoms with Crippen LogP contribution >= 0.6 is 31.9 Å². The van der Waals surface area contributed by atoms with Crippen LogP contribution in [0.3, 0.4) is 0 Å². The largest absolute Gasteiger partial charge is 0.483 e. The van der Waals surface area contributed by atoms with Crippen molar-refractivity contribution in [3.8, 4) is 5.75 Å². The molecule has 0 radical (unpaired) electrons. The smallest absolute Gasteiger partial charge is 0.261 e. The van der Waals surface area contributed by atoms with Crippen LogP contribution in [0.25, 0.3) is 0 Å². The van der Waals surface area contributed by atoms with Crippen LogP contribution in [0.1, 0.15) is 36.5 Å². The molecule has 1 atom stereocenters. The van der Waals surface area contributed by atoms with Crippen LogP contribution in [-0.2, 0) is 22.6 Å². The molecule has 0 aromatic heterocycles. The normalized spacial score (nSPS) is 11.7. The molecule has 2 amide bonds. The first-order valence-corrected chi connectivity index (χ1v) is 13.1. The van der Waals surface area contributed by atoms with Crippen LogP contribution in [0.15, 0.2) is 81.7 Å². The summed E-state index contributed by atoms with van der Waals surface area (Å²) in [4.78, 5) is 28.1. The molecule has 0 heterocycles. The van der Waals surface area contributed by atoms with E-state index in [1.165, 1.54) is 5.56 Å². The van der Waals surface area contributed by atoms with Gasteiger partial charge in [0.1, 0.15) is 11.8 Å². The van der Waals surface area contributed by atoms with E-state index < -0.39 is 6.04 Å². The fourth-order valence-electron chi connectivity index (χ4n) is 3.72. The monoisotopic (exact) mass is 600 g/mol. The number of hydrogen-bond donors (Lipinski definition) is 1. The number of carbonyl (C=O) groups excluding carboxylic acids is 2. The van der Waals surface area contributed by atoms with Crippen molar-refractivity contribution in [1.82, 2.24) is 10.2 Å². The highest BCUT2D eigenvalue weighted by Crippen LogP contribution is 2.29. The Bertz CT molecular complexity index is 1130. The number of likely N-dealkylation sites (N-methyl/N-ethyl adjacent to an activating group) is 1. The highest BCUT2D eigenvalue weighted by atomic mass is 79.9. The molecule has 35 heavy (non-hydrogen) atoms. The van der Waals surface area contributed by atoms with E-state index in [0.717, 1.165) is 20.1 Å². The Hall–Kier alpha value is -2.64. The minimum atomic E-state index is -0.686. The Labute approximate surface area is 224 Å². The van der Waals surface area contributed by atoms with Crippen LogP contribution < -0.4 is 10.1 Å². The Morgan fingerprint density at radius 1 is 0.943 bits per heavy atom. The van der Waals surface area contributed by atoms with Crippen molar-refractivity contribution in [2.24, 2.45) is 0 Å². The molecular formula is C28H30Br2N2O3. The summed E-state index contributed by atoms with van der Waals surface area (Å²) in [6, 6.07) is 22.6. The summed E-state index contributed by atoms with van der Waals surface area (Å²) in [6.07, 6.45) is 0.398. The second-order valence-corrected chi connectivity index (χ2v) is 10.4. The van der Waals surface area contributed by atoms with Gasteiger partial charge in [-0.15, -0.1) is 0 Å². The molecule has 3 aromatic rings. The zero-order valence-corrected chi connectivity index (χ0v) is 23.3. The first kappa shape index (κ1) is 27.0. The lowest BCUT2D eigenvalue weighted by molar-refractivity contribution is -0.142. The van der Waals surface area contributed by atoms with Crippen molar-refractivity contribution < 1.29 is 14.3 Å². The predicted octanol–water partition coefficient (Wildman–Crippen LogP) is 6.10. The maximum atomic E-state index is 13.5. The summed E-state index contributed by atoms with van der Waals surface area (Å²) in [5.74, 6) is 0.486. The third-order valence-corrected chi connectivity index (χ3v) is 6.91. The molecule has 7 heteroatoms. The third kappa shape index (κ3) is 7.67. The quantitative estimate of drug-likeness (QED) is 0.305. The van der Waals surface area contributed by atoms with Gasteiger partial charge >= 0.3 is 0 Å². The van der Waals surface area contributed by atoms with E-state index in [1.807, 2.05) is 72.8 Å². The Morgan fingerprint density at radius 2 is 1.63 bits per heavy atom.